The van der Waals surface area contributed by atoms with Gasteiger partial charge in [-0.25, -0.2) is 4.99 Å². The maximum absolute atomic E-state index is 4.67. The summed E-state index contributed by atoms with van der Waals surface area (Å²) in [7, 11) is 4.06. The normalized spacial score (nSPS) is 26.6. The predicted octanol–water partition coefficient (Wildman–Crippen LogP) is 1.22. The molecule has 0 amide bonds. The molecule has 1 unspecified atom stereocenters. The van der Waals surface area contributed by atoms with E-state index in [1.165, 1.54) is 19.3 Å². The summed E-state index contributed by atoms with van der Waals surface area (Å²) in [6, 6.07) is 0. The molecule has 2 aliphatic rings. The van der Waals surface area contributed by atoms with E-state index in [-0.39, 0.29) is 6.17 Å². The SMILES string of the molecule is CNC1C=C(N2CCCCC2)N=C(C)N1C. The van der Waals surface area contributed by atoms with Crippen LogP contribution in [-0.2, 0) is 0 Å². The Labute approximate surface area is 98.0 Å². The second-order valence-corrected chi connectivity index (χ2v) is 4.58. The van der Waals surface area contributed by atoms with Crippen molar-refractivity contribution in [1.29, 1.82) is 0 Å². The van der Waals surface area contributed by atoms with Gasteiger partial charge in [-0.05, 0) is 39.3 Å². The minimum atomic E-state index is 0.273. The van der Waals surface area contributed by atoms with Crippen LogP contribution in [0.4, 0.5) is 0 Å². The average Bonchev–Trinajstić information content (AvgIpc) is 2.33. The molecular weight excluding hydrogens is 200 g/mol. The monoisotopic (exact) mass is 222 g/mol. The number of likely N-dealkylation sites (N-methyl/N-ethyl adjacent to an activating group) is 2. The van der Waals surface area contributed by atoms with E-state index in [1.807, 2.05) is 7.05 Å². The fraction of sp³-hybridized carbons (Fsp3) is 0.750. The zero-order valence-electron chi connectivity index (χ0n) is 10.5. The molecule has 0 radical (unpaired) electrons. The smallest absolute Gasteiger partial charge is 0.129 e. The van der Waals surface area contributed by atoms with Crippen LogP contribution in [0.15, 0.2) is 16.9 Å². The molecule has 0 spiro atoms. The number of hydrogen-bond donors (Lipinski definition) is 1. The number of likely N-dealkylation sites (tertiary alicyclic amines) is 1. The second kappa shape index (κ2) is 4.87. The van der Waals surface area contributed by atoms with Gasteiger partial charge in [-0.15, -0.1) is 0 Å². The summed E-state index contributed by atoms with van der Waals surface area (Å²) in [5, 5.41) is 3.30. The highest BCUT2D eigenvalue weighted by atomic mass is 15.3. The third-order valence-electron chi connectivity index (χ3n) is 3.49. The maximum atomic E-state index is 4.67. The van der Waals surface area contributed by atoms with Crippen LogP contribution in [0.5, 0.6) is 0 Å². The highest BCUT2D eigenvalue weighted by Crippen LogP contribution is 2.19. The van der Waals surface area contributed by atoms with Gasteiger partial charge in [-0.3, -0.25) is 5.32 Å². The van der Waals surface area contributed by atoms with Gasteiger partial charge in [0.25, 0.3) is 0 Å². The Morgan fingerprint density at radius 3 is 2.62 bits per heavy atom. The van der Waals surface area contributed by atoms with E-state index in [1.54, 1.807) is 0 Å². The maximum Gasteiger partial charge on any atom is 0.129 e. The summed E-state index contributed by atoms with van der Waals surface area (Å²) in [5.74, 6) is 2.23. The van der Waals surface area contributed by atoms with Crippen LogP contribution >= 0.6 is 0 Å². The summed E-state index contributed by atoms with van der Waals surface area (Å²) in [4.78, 5) is 9.24. The molecule has 1 saturated heterocycles. The molecule has 1 atom stereocenters. The molecule has 0 saturated carbocycles. The van der Waals surface area contributed by atoms with Gasteiger partial charge >= 0.3 is 0 Å². The second-order valence-electron chi connectivity index (χ2n) is 4.58. The Hall–Kier alpha value is -1.03. The first kappa shape index (κ1) is 11.5. The minimum Gasteiger partial charge on any atom is -0.357 e. The molecule has 90 valence electrons. The lowest BCUT2D eigenvalue weighted by Gasteiger charge is -2.36. The Morgan fingerprint density at radius 1 is 1.31 bits per heavy atom. The van der Waals surface area contributed by atoms with E-state index >= 15 is 0 Å². The molecule has 0 aromatic carbocycles. The van der Waals surface area contributed by atoms with Crippen LogP contribution in [0.25, 0.3) is 0 Å². The molecule has 2 aliphatic heterocycles. The van der Waals surface area contributed by atoms with E-state index < -0.39 is 0 Å². The van der Waals surface area contributed by atoms with Crippen molar-refractivity contribution < 1.29 is 0 Å². The standard InChI is InChI=1S/C12H22N4/c1-10-14-12(9-11(13-2)15(10)3)16-7-5-4-6-8-16/h9,11,13H,4-8H2,1-3H3. The van der Waals surface area contributed by atoms with Crippen molar-refractivity contribution in [2.24, 2.45) is 4.99 Å². The molecule has 1 fully saturated rings. The Morgan fingerprint density at radius 2 is 2.00 bits per heavy atom. The molecule has 0 aromatic rings. The lowest BCUT2D eigenvalue weighted by Crippen LogP contribution is -2.46. The number of rotatable bonds is 2. The van der Waals surface area contributed by atoms with E-state index in [0.717, 1.165) is 24.7 Å². The van der Waals surface area contributed by atoms with Gasteiger partial charge in [0.1, 0.15) is 17.8 Å². The van der Waals surface area contributed by atoms with Crippen molar-refractivity contribution in [1.82, 2.24) is 15.1 Å². The van der Waals surface area contributed by atoms with Crippen LogP contribution in [0.2, 0.25) is 0 Å². The van der Waals surface area contributed by atoms with Gasteiger partial charge in [0, 0.05) is 20.1 Å². The summed E-state index contributed by atoms with van der Waals surface area (Å²) in [6.07, 6.45) is 6.45. The molecule has 1 N–H and O–H groups in total. The quantitative estimate of drug-likeness (QED) is 0.762. The van der Waals surface area contributed by atoms with Gasteiger partial charge in [0.2, 0.25) is 0 Å². The minimum absolute atomic E-state index is 0.273. The molecular formula is C12H22N4. The third kappa shape index (κ3) is 2.21. The van der Waals surface area contributed by atoms with E-state index in [0.29, 0.717) is 0 Å². The van der Waals surface area contributed by atoms with Crippen molar-refractivity contribution in [3.05, 3.63) is 11.9 Å². The first-order chi connectivity index (χ1) is 7.72. The van der Waals surface area contributed by atoms with Crippen molar-refractivity contribution >= 4 is 5.84 Å². The molecule has 2 rings (SSSR count). The first-order valence-corrected chi connectivity index (χ1v) is 6.14. The van der Waals surface area contributed by atoms with E-state index in [9.17, 15) is 0 Å². The summed E-state index contributed by atoms with van der Waals surface area (Å²) >= 11 is 0. The highest BCUT2D eigenvalue weighted by molar-refractivity contribution is 5.81. The molecule has 16 heavy (non-hydrogen) atoms. The number of nitrogens with zero attached hydrogens (tertiary/aromatic N) is 3. The van der Waals surface area contributed by atoms with Gasteiger partial charge < -0.3 is 9.80 Å². The fourth-order valence-electron chi connectivity index (χ4n) is 2.31. The highest BCUT2D eigenvalue weighted by Gasteiger charge is 2.21. The topological polar surface area (TPSA) is 30.9 Å². The number of piperidine rings is 1. The molecule has 2 heterocycles. The Kier molecular flexibility index (Phi) is 3.49. The Balaban J connectivity index is 2.13. The van der Waals surface area contributed by atoms with Crippen LogP contribution in [0.3, 0.4) is 0 Å². The zero-order chi connectivity index (χ0) is 11.5. The Bertz CT molecular complexity index is 302. The van der Waals surface area contributed by atoms with Crippen molar-refractivity contribution in [3.8, 4) is 0 Å². The number of amidine groups is 1. The van der Waals surface area contributed by atoms with Crippen LogP contribution < -0.4 is 5.32 Å². The molecule has 4 nitrogen and oxygen atoms in total. The van der Waals surface area contributed by atoms with Crippen molar-refractivity contribution in [3.63, 3.8) is 0 Å². The van der Waals surface area contributed by atoms with Gasteiger partial charge in [0.05, 0.1) is 0 Å². The molecule has 4 heteroatoms. The first-order valence-electron chi connectivity index (χ1n) is 6.14. The van der Waals surface area contributed by atoms with E-state index in [4.69, 9.17) is 0 Å². The number of hydrogen-bond acceptors (Lipinski definition) is 4. The van der Waals surface area contributed by atoms with Crippen LogP contribution in [0.1, 0.15) is 26.2 Å². The largest absolute Gasteiger partial charge is 0.357 e. The van der Waals surface area contributed by atoms with Gasteiger partial charge in [0.15, 0.2) is 0 Å². The third-order valence-corrected chi connectivity index (χ3v) is 3.49. The van der Waals surface area contributed by atoms with Crippen LogP contribution in [-0.4, -0.2) is 49.0 Å². The summed E-state index contributed by atoms with van der Waals surface area (Å²) < 4.78 is 0. The van der Waals surface area contributed by atoms with Crippen molar-refractivity contribution in [2.45, 2.75) is 32.4 Å². The van der Waals surface area contributed by atoms with Gasteiger partial charge in [-0.2, -0.15) is 0 Å². The lowest BCUT2D eigenvalue weighted by atomic mass is 10.1. The summed E-state index contributed by atoms with van der Waals surface area (Å²) in [6.45, 7) is 4.38. The average molecular weight is 222 g/mol. The van der Waals surface area contributed by atoms with Crippen molar-refractivity contribution in [2.75, 3.05) is 27.2 Å². The predicted molar refractivity (Wildman–Crippen MR) is 67.2 cm³/mol. The van der Waals surface area contributed by atoms with Gasteiger partial charge in [-0.1, -0.05) is 0 Å². The lowest BCUT2D eigenvalue weighted by molar-refractivity contribution is 0.268. The molecule has 0 bridgehead atoms. The fourth-order valence-corrected chi connectivity index (χ4v) is 2.31. The van der Waals surface area contributed by atoms with Crippen LogP contribution in [0, 0.1) is 0 Å². The molecule has 0 aromatic heterocycles. The zero-order valence-corrected chi connectivity index (χ0v) is 10.5. The molecule has 0 aliphatic carbocycles. The van der Waals surface area contributed by atoms with E-state index in [2.05, 4.69) is 40.2 Å². The number of nitrogens with one attached hydrogen (secondary N) is 1. The number of aliphatic imine (C=N–C) groups is 1. The summed E-state index contributed by atoms with van der Waals surface area (Å²) in [5.41, 5.74) is 0.